The van der Waals surface area contributed by atoms with Crippen LogP contribution in [0.4, 0.5) is 0 Å². The number of rotatable bonds is 2. The second-order valence-corrected chi connectivity index (χ2v) is 4.33. The van der Waals surface area contributed by atoms with Crippen molar-refractivity contribution in [1.29, 1.82) is 0 Å². The van der Waals surface area contributed by atoms with Gasteiger partial charge in [0, 0.05) is 16.6 Å². The first-order valence-corrected chi connectivity index (χ1v) is 5.76. The molecule has 1 aliphatic heterocycles. The minimum Gasteiger partial charge on any atom is -0.496 e. The molecule has 0 bridgehead atoms. The third kappa shape index (κ3) is 2.44. The van der Waals surface area contributed by atoms with Crippen LogP contribution in [0, 0.1) is 0 Å². The van der Waals surface area contributed by atoms with E-state index < -0.39 is 0 Å². The van der Waals surface area contributed by atoms with E-state index in [2.05, 4.69) is 11.4 Å². The molecule has 1 saturated heterocycles. The first kappa shape index (κ1) is 10.8. The Morgan fingerprint density at radius 1 is 1.40 bits per heavy atom. The number of ether oxygens (including phenoxy) is 1. The van der Waals surface area contributed by atoms with E-state index in [4.69, 9.17) is 16.3 Å². The number of hydrogen-bond acceptors (Lipinski definition) is 2. The molecule has 0 amide bonds. The Bertz CT molecular complexity index is 334. The van der Waals surface area contributed by atoms with E-state index in [1.165, 1.54) is 24.8 Å². The maximum Gasteiger partial charge on any atom is 0.125 e. The maximum atomic E-state index is 5.93. The third-order valence-corrected chi connectivity index (χ3v) is 3.12. The van der Waals surface area contributed by atoms with Crippen molar-refractivity contribution >= 4 is 11.6 Å². The molecule has 1 aromatic rings. The summed E-state index contributed by atoms with van der Waals surface area (Å²) < 4.78 is 5.35. The molecule has 1 N–H and O–H groups in total. The molecular weight excluding hydrogens is 210 g/mol. The molecule has 82 valence electrons. The number of halogens is 1. The van der Waals surface area contributed by atoms with Crippen molar-refractivity contribution in [2.75, 3.05) is 13.7 Å². The van der Waals surface area contributed by atoms with Crippen molar-refractivity contribution in [3.63, 3.8) is 0 Å². The molecular formula is C12H16ClNO. The summed E-state index contributed by atoms with van der Waals surface area (Å²) in [5.41, 5.74) is 1.22. The van der Waals surface area contributed by atoms with E-state index in [1.807, 2.05) is 12.1 Å². The summed E-state index contributed by atoms with van der Waals surface area (Å²) in [4.78, 5) is 0. The zero-order valence-electron chi connectivity index (χ0n) is 8.92. The highest BCUT2D eigenvalue weighted by Crippen LogP contribution is 2.32. The molecule has 0 unspecified atom stereocenters. The average Bonchev–Trinajstić information content (AvgIpc) is 2.30. The van der Waals surface area contributed by atoms with Crippen LogP contribution in [0.15, 0.2) is 18.2 Å². The van der Waals surface area contributed by atoms with Crippen molar-refractivity contribution in [2.24, 2.45) is 0 Å². The number of piperidine rings is 1. The minimum atomic E-state index is 0.422. The second kappa shape index (κ2) is 4.86. The highest BCUT2D eigenvalue weighted by molar-refractivity contribution is 6.30. The van der Waals surface area contributed by atoms with Crippen LogP contribution in [0.3, 0.4) is 0 Å². The van der Waals surface area contributed by atoms with Crippen LogP contribution in [0.5, 0.6) is 5.75 Å². The number of hydrogen-bond donors (Lipinski definition) is 1. The van der Waals surface area contributed by atoms with Gasteiger partial charge in [0.25, 0.3) is 0 Å². The summed E-state index contributed by atoms with van der Waals surface area (Å²) in [5, 5.41) is 4.23. The maximum absolute atomic E-state index is 5.93. The van der Waals surface area contributed by atoms with Crippen molar-refractivity contribution in [2.45, 2.75) is 25.3 Å². The normalized spacial score (nSPS) is 21.3. The fourth-order valence-corrected chi connectivity index (χ4v) is 2.25. The molecule has 1 atom stereocenters. The lowest BCUT2D eigenvalue weighted by atomic mass is 9.97. The van der Waals surface area contributed by atoms with Gasteiger partial charge >= 0.3 is 0 Å². The molecule has 0 saturated carbocycles. The average molecular weight is 226 g/mol. The lowest BCUT2D eigenvalue weighted by Crippen LogP contribution is -2.27. The molecule has 1 fully saturated rings. The smallest absolute Gasteiger partial charge is 0.125 e. The molecule has 0 aromatic heterocycles. The van der Waals surface area contributed by atoms with Gasteiger partial charge in [-0.2, -0.15) is 0 Å². The van der Waals surface area contributed by atoms with Gasteiger partial charge in [-0.3, -0.25) is 0 Å². The summed E-state index contributed by atoms with van der Waals surface area (Å²) in [5.74, 6) is 0.891. The minimum absolute atomic E-state index is 0.422. The van der Waals surface area contributed by atoms with E-state index in [0.717, 1.165) is 17.3 Å². The molecule has 1 aromatic carbocycles. The molecule has 0 spiro atoms. The van der Waals surface area contributed by atoms with Gasteiger partial charge in [-0.15, -0.1) is 0 Å². The molecule has 2 rings (SSSR count). The van der Waals surface area contributed by atoms with Gasteiger partial charge in [-0.05, 0) is 31.5 Å². The number of benzene rings is 1. The lowest BCUT2D eigenvalue weighted by Gasteiger charge is -2.25. The zero-order chi connectivity index (χ0) is 10.7. The Balaban J connectivity index is 2.25. The largest absolute Gasteiger partial charge is 0.496 e. The summed E-state index contributed by atoms with van der Waals surface area (Å²) >= 11 is 5.93. The van der Waals surface area contributed by atoms with E-state index >= 15 is 0 Å². The van der Waals surface area contributed by atoms with E-state index in [-0.39, 0.29) is 0 Å². The van der Waals surface area contributed by atoms with Crippen molar-refractivity contribution < 1.29 is 4.74 Å². The number of methoxy groups -OCH3 is 1. The predicted octanol–water partition coefficient (Wildman–Crippen LogP) is 3.16. The Hall–Kier alpha value is -0.730. The fraction of sp³-hybridized carbons (Fsp3) is 0.500. The highest BCUT2D eigenvalue weighted by Gasteiger charge is 2.18. The van der Waals surface area contributed by atoms with E-state index in [0.29, 0.717) is 6.04 Å². The van der Waals surface area contributed by atoms with Crippen LogP contribution in [0.2, 0.25) is 5.02 Å². The van der Waals surface area contributed by atoms with Crippen LogP contribution >= 0.6 is 11.6 Å². The molecule has 3 heteroatoms. The molecule has 1 heterocycles. The van der Waals surface area contributed by atoms with Gasteiger partial charge in [0.15, 0.2) is 0 Å². The van der Waals surface area contributed by atoms with Crippen LogP contribution in [0.1, 0.15) is 30.9 Å². The van der Waals surface area contributed by atoms with Gasteiger partial charge in [-0.1, -0.05) is 24.1 Å². The van der Waals surface area contributed by atoms with Gasteiger partial charge in [0.2, 0.25) is 0 Å². The SMILES string of the molecule is COc1cc(Cl)ccc1[C@H]1CCCCN1. The number of nitrogens with one attached hydrogen (secondary N) is 1. The highest BCUT2D eigenvalue weighted by atomic mass is 35.5. The van der Waals surface area contributed by atoms with Gasteiger partial charge in [0.1, 0.15) is 5.75 Å². The zero-order valence-corrected chi connectivity index (χ0v) is 9.68. The van der Waals surface area contributed by atoms with Gasteiger partial charge in [-0.25, -0.2) is 0 Å². The summed E-state index contributed by atoms with van der Waals surface area (Å²) in [6, 6.07) is 6.29. The molecule has 1 aliphatic rings. The van der Waals surface area contributed by atoms with E-state index in [1.54, 1.807) is 7.11 Å². The van der Waals surface area contributed by atoms with Crippen molar-refractivity contribution in [3.8, 4) is 5.75 Å². The van der Waals surface area contributed by atoms with Crippen LogP contribution in [0.25, 0.3) is 0 Å². The van der Waals surface area contributed by atoms with Crippen LogP contribution in [-0.2, 0) is 0 Å². The molecule has 0 aliphatic carbocycles. The van der Waals surface area contributed by atoms with Crippen molar-refractivity contribution in [3.05, 3.63) is 28.8 Å². The first-order valence-electron chi connectivity index (χ1n) is 5.38. The summed E-state index contributed by atoms with van der Waals surface area (Å²) in [6.07, 6.45) is 3.73. The standard InChI is InChI=1S/C12H16ClNO/c1-15-12-8-9(13)5-6-10(12)11-4-2-3-7-14-11/h5-6,8,11,14H,2-4,7H2,1H3/t11-/m1/s1. The Kier molecular flexibility index (Phi) is 3.49. The van der Waals surface area contributed by atoms with Crippen LogP contribution in [-0.4, -0.2) is 13.7 Å². The van der Waals surface area contributed by atoms with Gasteiger partial charge < -0.3 is 10.1 Å². The fourth-order valence-electron chi connectivity index (χ4n) is 2.09. The Morgan fingerprint density at radius 2 is 2.27 bits per heavy atom. The first-order chi connectivity index (χ1) is 7.31. The lowest BCUT2D eigenvalue weighted by molar-refractivity contribution is 0.373. The van der Waals surface area contributed by atoms with E-state index in [9.17, 15) is 0 Å². The molecule has 0 radical (unpaired) electrons. The predicted molar refractivity (Wildman–Crippen MR) is 62.6 cm³/mol. The van der Waals surface area contributed by atoms with Gasteiger partial charge in [0.05, 0.1) is 7.11 Å². The topological polar surface area (TPSA) is 21.3 Å². The third-order valence-electron chi connectivity index (χ3n) is 2.88. The Morgan fingerprint density at radius 3 is 2.93 bits per heavy atom. The monoisotopic (exact) mass is 225 g/mol. The summed E-state index contributed by atoms with van der Waals surface area (Å²) in [6.45, 7) is 1.09. The second-order valence-electron chi connectivity index (χ2n) is 3.89. The van der Waals surface area contributed by atoms with Crippen molar-refractivity contribution in [1.82, 2.24) is 5.32 Å². The quantitative estimate of drug-likeness (QED) is 0.835. The molecule has 15 heavy (non-hydrogen) atoms. The Labute approximate surface area is 95.6 Å². The summed E-state index contributed by atoms with van der Waals surface area (Å²) in [7, 11) is 1.69. The van der Waals surface area contributed by atoms with Crippen LogP contribution < -0.4 is 10.1 Å². The molecule has 2 nitrogen and oxygen atoms in total.